The van der Waals surface area contributed by atoms with E-state index in [0.717, 1.165) is 37.0 Å². The molecule has 0 aliphatic carbocycles. The number of nitrogens with zero attached hydrogens (tertiary/aromatic N) is 4. The SMILES string of the molecule is Cc1cnc([C@@H]2CCCN(c3ncccn3)C2)[nH]1. The summed E-state index contributed by atoms with van der Waals surface area (Å²) in [5.74, 6) is 2.37. The van der Waals surface area contributed by atoms with Crippen molar-refractivity contribution in [2.24, 2.45) is 0 Å². The molecule has 1 aliphatic rings. The normalized spacial score (nSPS) is 20.1. The Balaban J connectivity index is 1.76. The van der Waals surface area contributed by atoms with E-state index in [9.17, 15) is 0 Å². The van der Waals surface area contributed by atoms with Crippen molar-refractivity contribution in [3.63, 3.8) is 0 Å². The average Bonchev–Trinajstić information content (AvgIpc) is 2.87. The van der Waals surface area contributed by atoms with Crippen LogP contribution in [0.1, 0.15) is 30.3 Å². The molecule has 3 rings (SSSR count). The number of piperidine rings is 1. The highest BCUT2D eigenvalue weighted by Gasteiger charge is 2.24. The van der Waals surface area contributed by atoms with Crippen molar-refractivity contribution in [1.29, 1.82) is 0 Å². The van der Waals surface area contributed by atoms with Crippen molar-refractivity contribution in [1.82, 2.24) is 19.9 Å². The minimum atomic E-state index is 0.455. The van der Waals surface area contributed by atoms with Gasteiger partial charge >= 0.3 is 0 Å². The van der Waals surface area contributed by atoms with Crippen LogP contribution in [0.15, 0.2) is 24.7 Å². The standard InChI is InChI=1S/C13H17N5/c1-10-8-16-12(17-10)11-4-2-7-18(9-11)13-14-5-3-6-15-13/h3,5-6,8,11H,2,4,7,9H2,1H3,(H,16,17)/t11-/m1/s1. The molecule has 1 aliphatic heterocycles. The van der Waals surface area contributed by atoms with Crippen molar-refractivity contribution in [2.45, 2.75) is 25.7 Å². The predicted molar refractivity (Wildman–Crippen MR) is 69.5 cm³/mol. The molecule has 2 aromatic rings. The Bertz CT molecular complexity index is 507. The van der Waals surface area contributed by atoms with Gasteiger partial charge in [-0.2, -0.15) is 0 Å². The first-order chi connectivity index (χ1) is 8.83. The molecule has 1 N–H and O–H groups in total. The summed E-state index contributed by atoms with van der Waals surface area (Å²) in [5.41, 5.74) is 1.12. The van der Waals surface area contributed by atoms with Crippen molar-refractivity contribution in [3.8, 4) is 0 Å². The highest BCUT2D eigenvalue weighted by Crippen LogP contribution is 2.26. The summed E-state index contributed by atoms with van der Waals surface area (Å²) in [6.07, 6.45) is 7.82. The number of imidazole rings is 1. The van der Waals surface area contributed by atoms with Gasteiger partial charge in [0, 0.05) is 43.3 Å². The van der Waals surface area contributed by atoms with Crippen LogP contribution in [0.3, 0.4) is 0 Å². The van der Waals surface area contributed by atoms with E-state index in [4.69, 9.17) is 0 Å². The molecule has 5 heteroatoms. The molecule has 0 unspecified atom stereocenters. The molecule has 0 bridgehead atoms. The molecule has 1 saturated heterocycles. The van der Waals surface area contributed by atoms with Gasteiger partial charge in [0.05, 0.1) is 0 Å². The summed E-state index contributed by atoms with van der Waals surface area (Å²) in [6.45, 7) is 4.01. The first-order valence-corrected chi connectivity index (χ1v) is 6.36. The van der Waals surface area contributed by atoms with Gasteiger partial charge in [0.15, 0.2) is 0 Å². The highest BCUT2D eigenvalue weighted by molar-refractivity contribution is 5.30. The average molecular weight is 243 g/mol. The number of hydrogen-bond donors (Lipinski definition) is 1. The maximum absolute atomic E-state index is 4.44. The zero-order valence-corrected chi connectivity index (χ0v) is 10.5. The van der Waals surface area contributed by atoms with Crippen LogP contribution >= 0.6 is 0 Å². The maximum atomic E-state index is 4.44. The van der Waals surface area contributed by atoms with Crippen LogP contribution in [0.5, 0.6) is 0 Å². The number of H-pyrrole nitrogens is 1. The summed E-state index contributed by atoms with van der Waals surface area (Å²) in [7, 11) is 0. The van der Waals surface area contributed by atoms with Crippen LogP contribution in [0.4, 0.5) is 5.95 Å². The van der Waals surface area contributed by atoms with Gasteiger partial charge in [0.2, 0.25) is 5.95 Å². The van der Waals surface area contributed by atoms with Crippen molar-refractivity contribution < 1.29 is 0 Å². The van der Waals surface area contributed by atoms with E-state index in [1.807, 2.05) is 19.2 Å². The zero-order valence-electron chi connectivity index (χ0n) is 10.5. The zero-order chi connectivity index (χ0) is 12.4. The third kappa shape index (κ3) is 2.20. The van der Waals surface area contributed by atoms with Crippen LogP contribution in [0.2, 0.25) is 0 Å². The monoisotopic (exact) mass is 243 g/mol. The number of aryl methyl sites for hydroxylation is 1. The Morgan fingerprint density at radius 1 is 1.28 bits per heavy atom. The van der Waals surface area contributed by atoms with Gasteiger partial charge in [-0.15, -0.1) is 0 Å². The highest BCUT2D eigenvalue weighted by atomic mass is 15.3. The fourth-order valence-electron chi connectivity index (χ4n) is 2.48. The number of nitrogens with one attached hydrogen (secondary N) is 1. The molecule has 0 aromatic carbocycles. The second-order valence-electron chi connectivity index (χ2n) is 4.79. The smallest absolute Gasteiger partial charge is 0.225 e. The molecule has 0 amide bonds. The van der Waals surface area contributed by atoms with Crippen LogP contribution in [-0.2, 0) is 0 Å². The van der Waals surface area contributed by atoms with E-state index in [-0.39, 0.29) is 0 Å². The molecule has 94 valence electrons. The van der Waals surface area contributed by atoms with Gasteiger partial charge in [-0.1, -0.05) is 0 Å². The molecular weight excluding hydrogens is 226 g/mol. The molecule has 1 fully saturated rings. The lowest BCUT2D eigenvalue weighted by atomic mass is 9.98. The topological polar surface area (TPSA) is 57.7 Å². The van der Waals surface area contributed by atoms with E-state index in [0.29, 0.717) is 5.92 Å². The van der Waals surface area contributed by atoms with Crippen LogP contribution < -0.4 is 4.90 Å². The Kier molecular flexibility index (Phi) is 2.96. The third-order valence-electron chi connectivity index (χ3n) is 3.37. The molecular formula is C13H17N5. The lowest BCUT2D eigenvalue weighted by molar-refractivity contribution is 0.488. The van der Waals surface area contributed by atoms with Crippen LogP contribution in [-0.4, -0.2) is 33.0 Å². The lowest BCUT2D eigenvalue weighted by Crippen LogP contribution is -2.35. The van der Waals surface area contributed by atoms with E-state index in [2.05, 4.69) is 24.8 Å². The minimum absolute atomic E-state index is 0.455. The number of aromatic nitrogens is 4. The summed E-state index contributed by atoms with van der Waals surface area (Å²) in [5, 5.41) is 0. The quantitative estimate of drug-likeness (QED) is 0.875. The second-order valence-corrected chi connectivity index (χ2v) is 4.79. The largest absolute Gasteiger partial charge is 0.346 e. The Morgan fingerprint density at radius 2 is 2.11 bits per heavy atom. The molecule has 2 aromatic heterocycles. The maximum Gasteiger partial charge on any atom is 0.225 e. The Hall–Kier alpha value is -1.91. The summed E-state index contributed by atoms with van der Waals surface area (Å²) < 4.78 is 0. The fraction of sp³-hybridized carbons (Fsp3) is 0.462. The Morgan fingerprint density at radius 3 is 2.83 bits per heavy atom. The first kappa shape index (κ1) is 11.2. The van der Waals surface area contributed by atoms with Gasteiger partial charge in [0.1, 0.15) is 5.82 Å². The fourth-order valence-corrected chi connectivity index (χ4v) is 2.48. The number of hydrogen-bond acceptors (Lipinski definition) is 4. The summed E-state index contributed by atoms with van der Waals surface area (Å²) >= 11 is 0. The number of rotatable bonds is 2. The number of anilines is 1. The van der Waals surface area contributed by atoms with Gasteiger partial charge in [-0.25, -0.2) is 15.0 Å². The number of aromatic amines is 1. The molecule has 5 nitrogen and oxygen atoms in total. The van der Waals surface area contributed by atoms with E-state index < -0.39 is 0 Å². The van der Waals surface area contributed by atoms with Gasteiger partial charge in [0.25, 0.3) is 0 Å². The predicted octanol–water partition coefficient (Wildman–Crippen LogP) is 1.89. The third-order valence-corrected chi connectivity index (χ3v) is 3.37. The van der Waals surface area contributed by atoms with Crippen molar-refractivity contribution in [3.05, 3.63) is 36.2 Å². The molecule has 3 heterocycles. The Labute approximate surface area is 106 Å². The van der Waals surface area contributed by atoms with E-state index in [1.54, 1.807) is 12.4 Å². The minimum Gasteiger partial charge on any atom is -0.346 e. The van der Waals surface area contributed by atoms with Gasteiger partial charge in [-0.05, 0) is 25.8 Å². The molecule has 18 heavy (non-hydrogen) atoms. The molecule has 0 spiro atoms. The van der Waals surface area contributed by atoms with Gasteiger partial charge in [-0.3, -0.25) is 0 Å². The summed E-state index contributed by atoms with van der Waals surface area (Å²) in [6, 6.07) is 1.85. The first-order valence-electron chi connectivity index (χ1n) is 6.36. The lowest BCUT2D eigenvalue weighted by Gasteiger charge is -2.31. The summed E-state index contributed by atoms with van der Waals surface area (Å²) in [4.78, 5) is 18.7. The van der Waals surface area contributed by atoms with Crippen LogP contribution in [0, 0.1) is 6.92 Å². The van der Waals surface area contributed by atoms with Crippen molar-refractivity contribution in [2.75, 3.05) is 18.0 Å². The van der Waals surface area contributed by atoms with E-state index in [1.165, 1.54) is 6.42 Å². The van der Waals surface area contributed by atoms with Crippen LogP contribution in [0.25, 0.3) is 0 Å². The second kappa shape index (κ2) is 4.76. The van der Waals surface area contributed by atoms with Gasteiger partial charge < -0.3 is 9.88 Å². The molecule has 0 saturated carbocycles. The van der Waals surface area contributed by atoms with Crippen molar-refractivity contribution >= 4 is 5.95 Å². The molecule has 1 atom stereocenters. The molecule has 0 radical (unpaired) electrons. The van der Waals surface area contributed by atoms with E-state index >= 15 is 0 Å².